The molecule has 0 unspecified atom stereocenters. The van der Waals surface area contributed by atoms with Crippen LogP contribution < -0.4 is 10.6 Å². The Bertz CT molecular complexity index is 1330. The fourth-order valence-electron chi connectivity index (χ4n) is 8.22. The van der Waals surface area contributed by atoms with Gasteiger partial charge in [-0.2, -0.15) is 5.10 Å². The normalized spacial score (nSPS) is 23.3. The Morgan fingerprint density at radius 1 is 0.909 bits per heavy atom. The summed E-state index contributed by atoms with van der Waals surface area (Å²) < 4.78 is 2.02. The van der Waals surface area contributed by atoms with E-state index in [1.165, 1.54) is 32.1 Å². The summed E-state index contributed by atoms with van der Waals surface area (Å²) in [4.78, 5) is 23.6. The Morgan fingerprint density at radius 3 is 2.16 bits per heavy atom. The van der Waals surface area contributed by atoms with Gasteiger partial charge in [-0.05, 0) is 105 Å². The number of hydrogen-bond acceptors (Lipinski definition) is 5. The largest absolute Gasteiger partial charge is 0.356 e. The number of nitrogens with zero attached hydrogens (tertiary/aromatic N) is 5. The molecule has 236 valence electrons. The van der Waals surface area contributed by atoms with Crippen LogP contribution >= 0.6 is 23.2 Å². The number of rotatable bonds is 9. The van der Waals surface area contributed by atoms with Gasteiger partial charge in [0.25, 0.3) is 0 Å². The highest BCUT2D eigenvalue weighted by molar-refractivity contribution is 6.30. The van der Waals surface area contributed by atoms with Crippen molar-refractivity contribution in [1.82, 2.24) is 19.7 Å². The molecule has 6 rings (SSSR count). The summed E-state index contributed by atoms with van der Waals surface area (Å²) >= 11 is 12.6. The zero-order valence-corrected chi connectivity index (χ0v) is 27.2. The number of piperidine rings is 1. The van der Waals surface area contributed by atoms with Crippen molar-refractivity contribution >= 4 is 34.8 Å². The minimum Gasteiger partial charge on any atom is -0.356 e. The first kappa shape index (κ1) is 31.4. The second kappa shape index (κ2) is 14.2. The molecule has 9 heteroatoms. The van der Waals surface area contributed by atoms with Gasteiger partial charge < -0.3 is 15.5 Å². The second-order valence-corrected chi connectivity index (χ2v) is 14.3. The zero-order chi connectivity index (χ0) is 30.5. The summed E-state index contributed by atoms with van der Waals surface area (Å²) in [5, 5.41) is 5.90. The number of carbonyl (C=O) groups excluding carboxylic acids is 1. The molecule has 1 aromatic heterocycles. The van der Waals surface area contributed by atoms with Gasteiger partial charge in [-0.25, -0.2) is 4.98 Å². The van der Waals surface area contributed by atoms with Crippen molar-refractivity contribution in [3.63, 3.8) is 0 Å². The highest BCUT2D eigenvalue weighted by atomic mass is 35.5. The Balaban J connectivity index is 1.29. The summed E-state index contributed by atoms with van der Waals surface area (Å²) in [7, 11) is 0. The standard InChI is InChI=1S/C35H46Cl2N6O/c36-28-8-6-26(7-9-28)22-33(43(31-14-10-29(37)11-15-31)32-16-12-30(38)13-17-32)34(44)41-20-18-35(19-21-41,23-42-25-39-24-40-42)27-4-2-1-3-5-27/h6-11,14-15,24-25,27,30,32-33H,1-5,12-13,16-23,38H2/t30?,32?,33-/m1/s1. The second-order valence-electron chi connectivity index (χ2n) is 13.4. The lowest BCUT2D eigenvalue weighted by atomic mass is 9.63. The lowest BCUT2D eigenvalue weighted by Gasteiger charge is -2.49. The number of halogens is 2. The van der Waals surface area contributed by atoms with Gasteiger partial charge in [-0.3, -0.25) is 9.48 Å². The molecule has 3 fully saturated rings. The Morgan fingerprint density at radius 2 is 1.55 bits per heavy atom. The lowest BCUT2D eigenvalue weighted by Crippen LogP contribution is -2.57. The minimum absolute atomic E-state index is 0.145. The molecule has 3 aliphatic rings. The molecular weight excluding hydrogens is 591 g/mol. The van der Waals surface area contributed by atoms with E-state index in [0.29, 0.717) is 22.4 Å². The third kappa shape index (κ3) is 7.27. The Hall–Kier alpha value is -2.61. The van der Waals surface area contributed by atoms with Crippen LogP contribution in [0.1, 0.15) is 76.2 Å². The smallest absolute Gasteiger partial charge is 0.245 e. The molecule has 2 aliphatic carbocycles. The van der Waals surface area contributed by atoms with E-state index in [0.717, 1.165) is 69.4 Å². The Labute approximate surface area is 272 Å². The summed E-state index contributed by atoms with van der Waals surface area (Å²) in [6.45, 7) is 2.42. The van der Waals surface area contributed by atoms with Gasteiger partial charge in [-0.15, -0.1) is 0 Å². The Kier molecular flexibility index (Phi) is 10.1. The van der Waals surface area contributed by atoms with Crippen molar-refractivity contribution in [1.29, 1.82) is 0 Å². The van der Waals surface area contributed by atoms with Crippen LogP contribution in [0.5, 0.6) is 0 Å². The minimum atomic E-state index is -0.339. The van der Waals surface area contributed by atoms with E-state index in [1.54, 1.807) is 6.33 Å². The van der Waals surface area contributed by atoms with Gasteiger partial charge >= 0.3 is 0 Å². The molecule has 2 aromatic carbocycles. The van der Waals surface area contributed by atoms with E-state index in [2.05, 4.69) is 44.1 Å². The number of nitrogens with two attached hydrogens (primary N) is 1. The van der Waals surface area contributed by atoms with Gasteiger partial charge in [0, 0.05) is 53.9 Å². The molecule has 0 spiro atoms. The highest BCUT2D eigenvalue weighted by Gasteiger charge is 2.45. The van der Waals surface area contributed by atoms with Crippen LogP contribution in [0.3, 0.4) is 0 Å². The molecule has 2 heterocycles. The average Bonchev–Trinajstić information content (AvgIpc) is 3.57. The van der Waals surface area contributed by atoms with Gasteiger partial charge in [-0.1, -0.05) is 54.6 Å². The van der Waals surface area contributed by atoms with Crippen LogP contribution in [0, 0.1) is 11.3 Å². The van der Waals surface area contributed by atoms with Crippen molar-refractivity contribution in [3.05, 3.63) is 76.8 Å². The zero-order valence-electron chi connectivity index (χ0n) is 25.7. The molecule has 1 atom stereocenters. The first-order chi connectivity index (χ1) is 21.4. The predicted molar refractivity (Wildman–Crippen MR) is 178 cm³/mol. The van der Waals surface area contributed by atoms with Crippen molar-refractivity contribution < 1.29 is 4.79 Å². The molecule has 2 saturated carbocycles. The molecule has 1 saturated heterocycles. The number of anilines is 1. The predicted octanol–water partition coefficient (Wildman–Crippen LogP) is 7.16. The molecule has 1 amide bonds. The number of aromatic nitrogens is 3. The summed E-state index contributed by atoms with van der Waals surface area (Å²) in [5.41, 5.74) is 8.65. The number of hydrogen-bond donors (Lipinski definition) is 1. The number of carbonyl (C=O) groups is 1. The first-order valence-electron chi connectivity index (χ1n) is 16.6. The van der Waals surface area contributed by atoms with Gasteiger partial charge in [0.05, 0.1) is 0 Å². The molecule has 2 N–H and O–H groups in total. The molecular formula is C35H46Cl2N6O. The number of likely N-dealkylation sites (tertiary alicyclic amines) is 1. The molecule has 44 heavy (non-hydrogen) atoms. The van der Waals surface area contributed by atoms with Crippen LogP contribution in [-0.4, -0.2) is 56.8 Å². The van der Waals surface area contributed by atoms with Crippen LogP contribution in [0.2, 0.25) is 10.0 Å². The molecule has 7 nitrogen and oxygen atoms in total. The monoisotopic (exact) mass is 636 g/mol. The number of amides is 1. The van der Waals surface area contributed by atoms with E-state index in [-0.39, 0.29) is 29.4 Å². The summed E-state index contributed by atoms with van der Waals surface area (Å²) in [5.74, 6) is 0.877. The summed E-state index contributed by atoms with van der Waals surface area (Å²) in [6.07, 6.45) is 16.4. The first-order valence-corrected chi connectivity index (χ1v) is 17.3. The topological polar surface area (TPSA) is 80.3 Å². The van der Waals surface area contributed by atoms with Crippen LogP contribution in [0.4, 0.5) is 5.69 Å². The SMILES string of the molecule is NC1CCC(N(c2ccc(Cl)cc2)[C@H](Cc2ccc(Cl)cc2)C(=O)N2CCC(Cn3cncn3)(C3CCCCC3)CC2)CC1. The van der Waals surface area contributed by atoms with Crippen molar-refractivity contribution in [2.24, 2.45) is 17.1 Å². The molecule has 1 aliphatic heterocycles. The van der Waals surface area contributed by atoms with Crippen LogP contribution in [0.15, 0.2) is 61.2 Å². The lowest BCUT2D eigenvalue weighted by molar-refractivity contribution is -0.136. The van der Waals surface area contributed by atoms with E-state index >= 15 is 0 Å². The van der Waals surface area contributed by atoms with E-state index in [9.17, 15) is 4.79 Å². The fourth-order valence-corrected chi connectivity index (χ4v) is 8.47. The highest BCUT2D eigenvalue weighted by Crippen LogP contribution is 2.47. The maximum absolute atomic E-state index is 14.8. The van der Waals surface area contributed by atoms with Gasteiger partial charge in [0.1, 0.15) is 18.7 Å². The van der Waals surface area contributed by atoms with E-state index in [4.69, 9.17) is 28.9 Å². The van der Waals surface area contributed by atoms with Crippen molar-refractivity contribution in [3.8, 4) is 0 Å². The van der Waals surface area contributed by atoms with E-state index in [1.807, 2.05) is 35.3 Å². The fraction of sp³-hybridized carbons (Fsp3) is 0.571. The summed E-state index contributed by atoms with van der Waals surface area (Å²) in [6, 6.07) is 16.1. The van der Waals surface area contributed by atoms with Gasteiger partial charge in [0.2, 0.25) is 5.91 Å². The van der Waals surface area contributed by atoms with Crippen LogP contribution in [0.25, 0.3) is 0 Å². The quantitative estimate of drug-likeness (QED) is 0.269. The molecule has 3 aromatic rings. The molecule has 0 bridgehead atoms. The third-order valence-corrected chi connectivity index (χ3v) is 11.2. The third-order valence-electron chi connectivity index (χ3n) is 10.7. The maximum Gasteiger partial charge on any atom is 0.245 e. The van der Waals surface area contributed by atoms with Crippen molar-refractivity contribution in [2.45, 2.75) is 102 Å². The average molecular weight is 638 g/mol. The van der Waals surface area contributed by atoms with Crippen molar-refractivity contribution in [2.75, 3.05) is 18.0 Å². The van der Waals surface area contributed by atoms with E-state index < -0.39 is 0 Å². The van der Waals surface area contributed by atoms with Crippen LogP contribution in [-0.2, 0) is 17.8 Å². The maximum atomic E-state index is 14.8. The molecule has 0 radical (unpaired) electrons. The number of benzene rings is 2. The van der Waals surface area contributed by atoms with Gasteiger partial charge in [0.15, 0.2) is 0 Å².